The summed E-state index contributed by atoms with van der Waals surface area (Å²) in [5.41, 5.74) is 6.04. The molecule has 0 N–H and O–H groups in total. The predicted octanol–water partition coefficient (Wildman–Crippen LogP) is 6.63. The van der Waals surface area contributed by atoms with Crippen molar-refractivity contribution in [3.05, 3.63) is 38.4 Å². The van der Waals surface area contributed by atoms with E-state index in [0.717, 1.165) is 45.7 Å². The van der Waals surface area contributed by atoms with Gasteiger partial charge in [-0.1, -0.05) is 15.9 Å². The van der Waals surface area contributed by atoms with Gasteiger partial charge in [0.15, 0.2) is 5.82 Å². The van der Waals surface area contributed by atoms with Crippen LogP contribution < -0.4 is 4.90 Å². The lowest BCUT2D eigenvalue weighted by Crippen LogP contribution is -2.40. The SMILES string of the molecule is Cc1nc(N2CCCCC2CC#N)c2sc(C)c(-c3c(C)cc(Br)cc3C)c2n1. The summed E-state index contributed by atoms with van der Waals surface area (Å²) in [6.45, 7) is 9.45. The maximum atomic E-state index is 9.32. The van der Waals surface area contributed by atoms with Crippen molar-refractivity contribution < 1.29 is 0 Å². The molecule has 1 atom stereocenters. The molecule has 29 heavy (non-hydrogen) atoms. The number of halogens is 1. The molecule has 1 unspecified atom stereocenters. The minimum Gasteiger partial charge on any atom is -0.351 e. The van der Waals surface area contributed by atoms with Gasteiger partial charge in [-0.25, -0.2) is 9.97 Å². The Labute approximate surface area is 184 Å². The van der Waals surface area contributed by atoms with Crippen LogP contribution in [0.15, 0.2) is 16.6 Å². The number of hydrogen-bond donors (Lipinski definition) is 0. The molecule has 0 amide bonds. The van der Waals surface area contributed by atoms with Crippen LogP contribution >= 0.6 is 27.3 Å². The van der Waals surface area contributed by atoms with Gasteiger partial charge in [0, 0.05) is 27.5 Å². The summed E-state index contributed by atoms with van der Waals surface area (Å²) < 4.78 is 2.25. The number of benzene rings is 1. The molecule has 1 aliphatic heterocycles. The van der Waals surface area contributed by atoms with Gasteiger partial charge in [-0.3, -0.25) is 0 Å². The summed E-state index contributed by atoms with van der Waals surface area (Å²) in [5.74, 6) is 1.81. The minimum absolute atomic E-state index is 0.244. The largest absolute Gasteiger partial charge is 0.351 e. The van der Waals surface area contributed by atoms with Crippen LogP contribution in [0.5, 0.6) is 0 Å². The van der Waals surface area contributed by atoms with E-state index in [9.17, 15) is 5.26 Å². The smallest absolute Gasteiger partial charge is 0.150 e. The molecule has 0 saturated carbocycles. The fourth-order valence-corrected chi connectivity index (χ4v) is 6.37. The zero-order valence-corrected chi connectivity index (χ0v) is 19.7. The van der Waals surface area contributed by atoms with Crippen LogP contribution in [0.3, 0.4) is 0 Å². The Kier molecular flexibility index (Phi) is 5.63. The Bertz CT molecular complexity index is 1110. The van der Waals surface area contributed by atoms with Crippen molar-refractivity contribution in [3.8, 4) is 17.2 Å². The van der Waals surface area contributed by atoms with Crippen molar-refractivity contribution in [2.45, 2.75) is 59.4 Å². The Hall–Kier alpha value is -1.97. The lowest BCUT2D eigenvalue weighted by atomic mass is 9.95. The van der Waals surface area contributed by atoms with Crippen molar-refractivity contribution >= 4 is 43.3 Å². The van der Waals surface area contributed by atoms with Crippen LogP contribution in [-0.2, 0) is 0 Å². The fraction of sp³-hybridized carbons (Fsp3) is 0.435. The number of rotatable bonds is 3. The van der Waals surface area contributed by atoms with E-state index in [1.807, 2.05) is 6.92 Å². The maximum absolute atomic E-state index is 9.32. The van der Waals surface area contributed by atoms with E-state index in [2.05, 4.69) is 59.8 Å². The number of thiophene rings is 1. The van der Waals surface area contributed by atoms with Gasteiger partial charge in [0.25, 0.3) is 0 Å². The van der Waals surface area contributed by atoms with Gasteiger partial charge >= 0.3 is 0 Å². The molecule has 4 nitrogen and oxygen atoms in total. The third-order valence-corrected chi connectivity index (χ3v) is 7.33. The van der Waals surface area contributed by atoms with Crippen LogP contribution in [0.4, 0.5) is 5.82 Å². The second kappa shape index (κ2) is 8.04. The number of anilines is 1. The number of fused-ring (bicyclic) bond motifs is 1. The quantitative estimate of drug-likeness (QED) is 0.432. The number of aryl methyl sites for hydroxylation is 4. The summed E-state index contributed by atoms with van der Waals surface area (Å²) in [6.07, 6.45) is 3.93. The van der Waals surface area contributed by atoms with Crippen molar-refractivity contribution in [2.24, 2.45) is 0 Å². The molecule has 3 heterocycles. The first kappa shape index (κ1) is 20.3. The number of aromatic nitrogens is 2. The van der Waals surface area contributed by atoms with E-state index >= 15 is 0 Å². The second-order valence-corrected chi connectivity index (χ2v) is 10.1. The fourth-order valence-electron chi connectivity index (χ4n) is 4.57. The molecule has 0 radical (unpaired) electrons. The molecule has 1 aromatic carbocycles. The summed E-state index contributed by atoms with van der Waals surface area (Å²) >= 11 is 5.40. The first-order valence-corrected chi connectivity index (χ1v) is 11.7. The van der Waals surface area contributed by atoms with Crippen LogP contribution in [0.25, 0.3) is 21.3 Å². The third kappa shape index (κ3) is 3.67. The second-order valence-electron chi connectivity index (χ2n) is 7.93. The summed E-state index contributed by atoms with van der Waals surface area (Å²) in [7, 11) is 0. The van der Waals surface area contributed by atoms with Gasteiger partial charge in [-0.05, 0) is 75.8 Å². The molecule has 150 valence electrons. The lowest BCUT2D eigenvalue weighted by Gasteiger charge is -2.35. The molecule has 2 aromatic heterocycles. The van der Waals surface area contributed by atoms with Crippen LogP contribution in [-0.4, -0.2) is 22.6 Å². The molecule has 4 rings (SSSR count). The Balaban J connectivity index is 1.95. The zero-order valence-electron chi connectivity index (χ0n) is 17.3. The van der Waals surface area contributed by atoms with E-state index in [0.29, 0.717) is 6.42 Å². The molecule has 1 fully saturated rings. The standard InChI is InChI=1S/C23H25BrN4S/c1-13-11-17(24)12-14(2)19(13)20-15(3)29-22-21(20)26-16(4)27-23(22)28-10-6-5-7-18(28)8-9-25/h11-12,18H,5-8,10H2,1-4H3. The highest BCUT2D eigenvalue weighted by Crippen LogP contribution is 2.44. The molecule has 1 saturated heterocycles. The average molecular weight is 469 g/mol. The number of hydrogen-bond acceptors (Lipinski definition) is 5. The summed E-state index contributed by atoms with van der Waals surface area (Å²) in [4.78, 5) is 13.4. The molecule has 1 aliphatic rings. The highest BCUT2D eigenvalue weighted by molar-refractivity contribution is 9.10. The first-order chi connectivity index (χ1) is 13.9. The van der Waals surface area contributed by atoms with Gasteiger partial charge in [-0.2, -0.15) is 5.26 Å². The minimum atomic E-state index is 0.244. The Morgan fingerprint density at radius 2 is 1.86 bits per heavy atom. The van der Waals surface area contributed by atoms with Crippen LogP contribution in [0, 0.1) is 39.0 Å². The predicted molar refractivity (Wildman–Crippen MR) is 125 cm³/mol. The monoisotopic (exact) mass is 468 g/mol. The first-order valence-electron chi connectivity index (χ1n) is 10.1. The van der Waals surface area contributed by atoms with Gasteiger partial charge < -0.3 is 4.90 Å². The third-order valence-electron chi connectivity index (χ3n) is 5.78. The van der Waals surface area contributed by atoms with Crippen molar-refractivity contribution in [3.63, 3.8) is 0 Å². The van der Waals surface area contributed by atoms with Gasteiger partial charge in [0.05, 0.1) is 22.7 Å². The maximum Gasteiger partial charge on any atom is 0.150 e. The highest BCUT2D eigenvalue weighted by atomic mass is 79.9. The van der Waals surface area contributed by atoms with Crippen molar-refractivity contribution in [1.82, 2.24) is 9.97 Å². The Morgan fingerprint density at radius 1 is 1.14 bits per heavy atom. The lowest BCUT2D eigenvalue weighted by molar-refractivity contribution is 0.462. The molecule has 3 aromatic rings. The van der Waals surface area contributed by atoms with E-state index in [1.165, 1.54) is 33.6 Å². The molecule has 0 aliphatic carbocycles. The Morgan fingerprint density at radius 3 is 2.55 bits per heavy atom. The van der Waals surface area contributed by atoms with Gasteiger partial charge in [0.1, 0.15) is 5.82 Å². The molecular weight excluding hydrogens is 444 g/mol. The average Bonchev–Trinajstić information content (AvgIpc) is 2.97. The van der Waals surface area contributed by atoms with Gasteiger partial charge in [0.2, 0.25) is 0 Å². The van der Waals surface area contributed by atoms with Gasteiger partial charge in [-0.15, -0.1) is 11.3 Å². The highest BCUT2D eigenvalue weighted by Gasteiger charge is 2.28. The van der Waals surface area contributed by atoms with E-state index in [4.69, 9.17) is 9.97 Å². The van der Waals surface area contributed by atoms with Crippen molar-refractivity contribution in [1.29, 1.82) is 5.26 Å². The number of nitriles is 1. The molecule has 0 bridgehead atoms. The van der Waals surface area contributed by atoms with E-state index in [1.54, 1.807) is 11.3 Å². The molecular formula is C23H25BrN4S. The number of piperidine rings is 1. The topological polar surface area (TPSA) is 52.8 Å². The van der Waals surface area contributed by atoms with Crippen LogP contribution in [0.2, 0.25) is 0 Å². The molecule has 0 spiro atoms. The zero-order chi connectivity index (χ0) is 20.7. The number of nitrogens with zero attached hydrogens (tertiary/aromatic N) is 4. The molecule has 6 heteroatoms. The normalized spacial score (nSPS) is 17.0. The summed E-state index contributed by atoms with van der Waals surface area (Å²) in [6, 6.07) is 6.97. The summed E-state index contributed by atoms with van der Waals surface area (Å²) in [5, 5.41) is 9.32. The van der Waals surface area contributed by atoms with Crippen molar-refractivity contribution in [2.75, 3.05) is 11.4 Å². The van der Waals surface area contributed by atoms with Crippen LogP contribution in [0.1, 0.15) is 47.5 Å². The van der Waals surface area contributed by atoms with E-state index in [-0.39, 0.29) is 6.04 Å². The van der Waals surface area contributed by atoms with E-state index < -0.39 is 0 Å².